The van der Waals surface area contributed by atoms with E-state index in [0.29, 0.717) is 6.61 Å². The van der Waals surface area contributed by atoms with Crippen LogP contribution in [0.5, 0.6) is 5.75 Å². The number of hydrogen-bond donors (Lipinski definition) is 1. The Kier molecular flexibility index (Phi) is 4.58. The fraction of sp³-hybridized carbons (Fsp3) is 0.400. The van der Waals surface area contributed by atoms with Crippen molar-refractivity contribution in [1.29, 1.82) is 0 Å². The molecule has 0 aliphatic heterocycles. The molecule has 1 aromatic carbocycles. The molecule has 0 amide bonds. The third-order valence-corrected chi connectivity index (χ3v) is 3.11. The predicted octanol–water partition coefficient (Wildman–Crippen LogP) is 2.28. The first-order chi connectivity index (χ1) is 9.15. The Hall–Kier alpha value is -1.81. The van der Waals surface area contributed by atoms with Gasteiger partial charge in [0.2, 0.25) is 0 Å². The Morgan fingerprint density at radius 1 is 1.32 bits per heavy atom. The molecule has 0 aliphatic rings. The molecule has 4 nitrogen and oxygen atoms in total. The van der Waals surface area contributed by atoms with E-state index in [1.54, 1.807) is 6.33 Å². The number of rotatable bonds is 6. The minimum atomic E-state index is 0.251. The summed E-state index contributed by atoms with van der Waals surface area (Å²) in [6.45, 7) is 2.57. The summed E-state index contributed by atoms with van der Waals surface area (Å²) in [5.41, 5.74) is 8.11. The van der Waals surface area contributed by atoms with Gasteiger partial charge in [0.25, 0.3) is 0 Å². The zero-order valence-electron chi connectivity index (χ0n) is 11.5. The maximum Gasteiger partial charge on any atom is 0.130 e. The quantitative estimate of drug-likeness (QED) is 0.866. The normalized spacial score (nSPS) is 12.4. The summed E-state index contributed by atoms with van der Waals surface area (Å²) in [5, 5.41) is 0. The third-order valence-electron chi connectivity index (χ3n) is 3.11. The van der Waals surface area contributed by atoms with E-state index in [4.69, 9.17) is 10.5 Å². The van der Waals surface area contributed by atoms with Gasteiger partial charge in [-0.25, -0.2) is 4.98 Å². The van der Waals surface area contributed by atoms with Gasteiger partial charge >= 0.3 is 0 Å². The van der Waals surface area contributed by atoms with Gasteiger partial charge < -0.3 is 15.0 Å². The smallest absolute Gasteiger partial charge is 0.130 e. The van der Waals surface area contributed by atoms with Gasteiger partial charge in [-0.2, -0.15) is 0 Å². The molecule has 102 valence electrons. The fourth-order valence-electron chi connectivity index (χ4n) is 1.83. The highest BCUT2D eigenvalue weighted by Gasteiger charge is 2.01. The van der Waals surface area contributed by atoms with E-state index >= 15 is 0 Å². The van der Waals surface area contributed by atoms with Crippen LogP contribution in [0.15, 0.2) is 36.8 Å². The molecule has 1 aromatic heterocycles. The van der Waals surface area contributed by atoms with Gasteiger partial charge in [-0.05, 0) is 37.5 Å². The fourth-order valence-corrected chi connectivity index (χ4v) is 1.83. The Labute approximate surface area is 114 Å². The average molecular weight is 259 g/mol. The highest BCUT2D eigenvalue weighted by molar-refractivity contribution is 5.27. The molecule has 4 heteroatoms. The molecule has 0 aliphatic carbocycles. The van der Waals surface area contributed by atoms with Crippen molar-refractivity contribution in [3.05, 3.63) is 48.0 Å². The van der Waals surface area contributed by atoms with Crippen LogP contribution >= 0.6 is 0 Å². The predicted molar refractivity (Wildman–Crippen MR) is 76.0 cm³/mol. The maximum absolute atomic E-state index is 5.75. The van der Waals surface area contributed by atoms with Gasteiger partial charge in [-0.3, -0.25) is 0 Å². The van der Waals surface area contributed by atoms with E-state index in [0.717, 1.165) is 24.3 Å². The number of nitrogens with two attached hydrogens (primary N) is 1. The zero-order chi connectivity index (χ0) is 13.7. The minimum Gasteiger partial charge on any atom is -0.487 e. The second-order valence-corrected chi connectivity index (χ2v) is 4.94. The molecule has 2 rings (SSSR count). The van der Waals surface area contributed by atoms with Crippen LogP contribution in [0.3, 0.4) is 0 Å². The second kappa shape index (κ2) is 6.38. The standard InChI is InChI=1S/C15H21N3O/c1-12(16)3-4-13-5-7-15(8-6-13)19-10-14-9-17-11-18(14)2/h5-9,11-12H,3-4,10,16H2,1-2H3. The molecule has 0 radical (unpaired) electrons. The van der Waals surface area contributed by atoms with Crippen LogP contribution in [-0.4, -0.2) is 15.6 Å². The van der Waals surface area contributed by atoms with Crippen LogP contribution in [0.25, 0.3) is 0 Å². The molecule has 0 saturated carbocycles. The largest absolute Gasteiger partial charge is 0.487 e. The van der Waals surface area contributed by atoms with Crippen molar-refractivity contribution in [2.45, 2.75) is 32.4 Å². The molecule has 19 heavy (non-hydrogen) atoms. The number of hydrogen-bond acceptors (Lipinski definition) is 3. The van der Waals surface area contributed by atoms with Gasteiger partial charge in [0, 0.05) is 13.1 Å². The summed E-state index contributed by atoms with van der Waals surface area (Å²) in [6.07, 6.45) is 5.61. The lowest BCUT2D eigenvalue weighted by atomic mass is 10.1. The molecule has 2 N–H and O–H groups in total. The van der Waals surface area contributed by atoms with Crippen LogP contribution in [0, 0.1) is 0 Å². The topological polar surface area (TPSA) is 53.1 Å². The lowest BCUT2D eigenvalue weighted by Gasteiger charge is -2.08. The molecule has 0 spiro atoms. The van der Waals surface area contributed by atoms with Crippen LogP contribution in [0.4, 0.5) is 0 Å². The molecule has 1 atom stereocenters. The van der Waals surface area contributed by atoms with Crippen molar-refractivity contribution in [3.63, 3.8) is 0 Å². The number of imidazole rings is 1. The van der Waals surface area contributed by atoms with Gasteiger partial charge in [0.05, 0.1) is 18.2 Å². The van der Waals surface area contributed by atoms with E-state index in [-0.39, 0.29) is 6.04 Å². The first kappa shape index (κ1) is 13.6. The van der Waals surface area contributed by atoms with Gasteiger partial charge in [-0.15, -0.1) is 0 Å². The molecule has 0 fully saturated rings. The summed E-state index contributed by atoms with van der Waals surface area (Å²) in [4.78, 5) is 4.06. The summed E-state index contributed by atoms with van der Waals surface area (Å²) >= 11 is 0. The molecular weight excluding hydrogens is 238 g/mol. The van der Waals surface area contributed by atoms with E-state index in [1.165, 1.54) is 5.56 Å². The number of nitrogens with zero attached hydrogens (tertiary/aromatic N) is 2. The van der Waals surface area contributed by atoms with Crippen LogP contribution < -0.4 is 10.5 Å². The van der Waals surface area contributed by atoms with Crippen molar-refractivity contribution in [3.8, 4) is 5.75 Å². The molecule has 2 aromatic rings. The number of aromatic nitrogens is 2. The van der Waals surface area contributed by atoms with Crippen LogP contribution in [-0.2, 0) is 20.1 Å². The SMILES string of the molecule is CC(N)CCc1ccc(OCc2cncn2C)cc1. The highest BCUT2D eigenvalue weighted by atomic mass is 16.5. The highest BCUT2D eigenvalue weighted by Crippen LogP contribution is 2.15. The Morgan fingerprint density at radius 2 is 2.05 bits per heavy atom. The van der Waals surface area contributed by atoms with Crippen molar-refractivity contribution in [2.24, 2.45) is 12.8 Å². The second-order valence-electron chi connectivity index (χ2n) is 4.94. The Morgan fingerprint density at radius 3 is 2.63 bits per heavy atom. The summed E-state index contributed by atoms with van der Waals surface area (Å²) in [6, 6.07) is 8.46. The monoisotopic (exact) mass is 259 g/mol. The van der Waals surface area contributed by atoms with Crippen molar-refractivity contribution < 1.29 is 4.74 Å². The number of aryl methyl sites for hydroxylation is 2. The molecule has 0 saturated heterocycles. The van der Waals surface area contributed by atoms with Gasteiger partial charge in [0.15, 0.2) is 0 Å². The van der Waals surface area contributed by atoms with Crippen LogP contribution in [0.2, 0.25) is 0 Å². The number of benzene rings is 1. The summed E-state index contributed by atoms with van der Waals surface area (Å²) < 4.78 is 7.68. The maximum atomic E-state index is 5.75. The third kappa shape index (κ3) is 4.10. The van der Waals surface area contributed by atoms with Gasteiger partial charge in [0.1, 0.15) is 12.4 Å². The lowest BCUT2D eigenvalue weighted by Crippen LogP contribution is -2.15. The number of ether oxygens (including phenoxy) is 1. The van der Waals surface area contributed by atoms with E-state index < -0.39 is 0 Å². The lowest BCUT2D eigenvalue weighted by molar-refractivity contribution is 0.297. The van der Waals surface area contributed by atoms with E-state index in [9.17, 15) is 0 Å². The minimum absolute atomic E-state index is 0.251. The molecule has 1 heterocycles. The van der Waals surface area contributed by atoms with Crippen molar-refractivity contribution in [1.82, 2.24) is 9.55 Å². The van der Waals surface area contributed by atoms with E-state index in [2.05, 4.69) is 17.1 Å². The first-order valence-electron chi connectivity index (χ1n) is 6.57. The molecular formula is C15H21N3O. The van der Waals surface area contributed by atoms with Crippen molar-refractivity contribution >= 4 is 0 Å². The van der Waals surface area contributed by atoms with Crippen molar-refractivity contribution in [2.75, 3.05) is 0 Å². The Bertz CT molecular complexity index is 502. The molecule has 1 unspecified atom stereocenters. The van der Waals surface area contributed by atoms with Crippen LogP contribution in [0.1, 0.15) is 24.6 Å². The first-order valence-corrected chi connectivity index (χ1v) is 6.57. The van der Waals surface area contributed by atoms with E-state index in [1.807, 2.05) is 36.9 Å². The summed E-state index contributed by atoms with van der Waals surface area (Å²) in [7, 11) is 1.96. The zero-order valence-corrected chi connectivity index (χ0v) is 11.5. The molecule has 0 bridgehead atoms. The summed E-state index contributed by atoms with van der Waals surface area (Å²) in [5.74, 6) is 0.880. The average Bonchev–Trinajstić information content (AvgIpc) is 2.81. The Balaban J connectivity index is 1.86. The van der Waals surface area contributed by atoms with Gasteiger partial charge in [-0.1, -0.05) is 12.1 Å².